The largest absolute Gasteiger partial charge is 0.378 e. The molecular weight excluding hydrogens is 240 g/mol. The molecule has 0 fully saturated rings. The Labute approximate surface area is 118 Å². The lowest BCUT2D eigenvalue weighted by atomic mass is 9.93. The number of amides is 1. The van der Waals surface area contributed by atoms with Crippen molar-refractivity contribution in [3.05, 3.63) is 0 Å². The lowest BCUT2D eigenvalue weighted by Gasteiger charge is -2.39. The van der Waals surface area contributed by atoms with E-state index in [0.29, 0.717) is 18.9 Å². The highest BCUT2D eigenvalue weighted by atomic mass is 16.3. The predicted octanol–water partition coefficient (Wildman–Crippen LogP) is 2.22. The van der Waals surface area contributed by atoms with Crippen molar-refractivity contribution in [3.63, 3.8) is 0 Å². The van der Waals surface area contributed by atoms with Gasteiger partial charge in [-0.15, -0.1) is 0 Å². The maximum Gasteiger partial charge on any atom is 0.227 e. The molecule has 0 spiro atoms. The normalized spacial score (nSPS) is 15.4. The molecule has 0 aliphatic heterocycles. The lowest BCUT2D eigenvalue weighted by Crippen LogP contribution is -2.52. The molecule has 0 saturated heterocycles. The summed E-state index contributed by atoms with van der Waals surface area (Å²) in [5.74, 6) is -0.0387. The second kappa shape index (κ2) is 8.54. The van der Waals surface area contributed by atoms with E-state index >= 15 is 0 Å². The maximum atomic E-state index is 12.2. The van der Waals surface area contributed by atoms with Crippen LogP contribution in [0.3, 0.4) is 0 Å². The number of carbonyl (C=O) groups excluding carboxylic acids is 1. The van der Waals surface area contributed by atoms with Crippen molar-refractivity contribution in [1.29, 1.82) is 0 Å². The average molecular weight is 272 g/mol. The van der Waals surface area contributed by atoms with Gasteiger partial charge in [0.05, 0.1) is 5.92 Å². The van der Waals surface area contributed by atoms with Crippen LogP contribution in [0.25, 0.3) is 0 Å². The molecule has 19 heavy (non-hydrogen) atoms. The smallest absolute Gasteiger partial charge is 0.227 e. The van der Waals surface area contributed by atoms with Crippen molar-refractivity contribution in [2.75, 3.05) is 6.54 Å². The second-order valence-corrected chi connectivity index (χ2v) is 6.18. The molecule has 4 heteroatoms. The number of aliphatic hydroxyl groups excluding tert-OH is 1. The number of nitrogens with one attached hydrogen (secondary N) is 1. The molecule has 0 heterocycles. The number of hydrogen-bond donors (Lipinski definition) is 2. The Hall–Kier alpha value is -0.610. The standard InChI is InChI=1S/C15H32N2O2/c1-8-16-14(18)13(9-10(2)3)15(19)17(11(4)5)12(6)7/h10-13,15,19H,8-9H2,1-7H3,(H,16,18). The van der Waals surface area contributed by atoms with Crippen LogP contribution in [-0.4, -0.2) is 40.8 Å². The number of nitrogens with zero attached hydrogens (tertiary/aromatic N) is 1. The number of hydrogen-bond acceptors (Lipinski definition) is 3. The Bertz CT molecular complexity index is 257. The van der Waals surface area contributed by atoms with Crippen LogP contribution in [0.4, 0.5) is 0 Å². The van der Waals surface area contributed by atoms with Crippen molar-refractivity contribution < 1.29 is 9.90 Å². The van der Waals surface area contributed by atoms with E-state index in [9.17, 15) is 9.90 Å². The van der Waals surface area contributed by atoms with Gasteiger partial charge in [0, 0.05) is 18.6 Å². The minimum absolute atomic E-state index is 0.0463. The van der Waals surface area contributed by atoms with Crippen LogP contribution in [0.5, 0.6) is 0 Å². The van der Waals surface area contributed by atoms with E-state index in [2.05, 4.69) is 19.2 Å². The molecule has 0 saturated carbocycles. The van der Waals surface area contributed by atoms with Crippen molar-refractivity contribution in [2.24, 2.45) is 11.8 Å². The van der Waals surface area contributed by atoms with Gasteiger partial charge in [-0.1, -0.05) is 13.8 Å². The first-order chi connectivity index (χ1) is 8.72. The van der Waals surface area contributed by atoms with Crippen LogP contribution in [0.1, 0.15) is 54.9 Å². The second-order valence-electron chi connectivity index (χ2n) is 6.18. The van der Waals surface area contributed by atoms with Gasteiger partial charge >= 0.3 is 0 Å². The van der Waals surface area contributed by atoms with E-state index in [1.54, 1.807) is 0 Å². The lowest BCUT2D eigenvalue weighted by molar-refractivity contribution is -0.139. The molecule has 2 N–H and O–H groups in total. The van der Waals surface area contributed by atoms with Gasteiger partial charge in [-0.3, -0.25) is 9.69 Å². The molecular formula is C15H32N2O2. The molecule has 0 radical (unpaired) electrons. The van der Waals surface area contributed by atoms with E-state index in [1.165, 1.54) is 0 Å². The van der Waals surface area contributed by atoms with Crippen LogP contribution in [0.15, 0.2) is 0 Å². The molecule has 0 aliphatic carbocycles. The Morgan fingerprint density at radius 3 is 1.89 bits per heavy atom. The average Bonchev–Trinajstić information content (AvgIpc) is 2.24. The SMILES string of the molecule is CCNC(=O)C(CC(C)C)C(O)N(C(C)C)C(C)C. The highest BCUT2D eigenvalue weighted by molar-refractivity contribution is 5.79. The Morgan fingerprint density at radius 2 is 1.58 bits per heavy atom. The first-order valence-corrected chi connectivity index (χ1v) is 7.45. The fourth-order valence-electron chi connectivity index (χ4n) is 2.59. The quantitative estimate of drug-likeness (QED) is 0.666. The van der Waals surface area contributed by atoms with Crippen LogP contribution in [-0.2, 0) is 4.79 Å². The highest BCUT2D eigenvalue weighted by Gasteiger charge is 2.34. The van der Waals surface area contributed by atoms with Crippen molar-refractivity contribution in [1.82, 2.24) is 10.2 Å². The molecule has 4 nitrogen and oxygen atoms in total. The summed E-state index contributed by atoms with van der Waals surface area (Å²) < 4.78 is 0. The predicted molar refractivity (Wildman–Crippen MR) is 79.7 cm³/mol. The third kappa shape index (κ3) is 5.91. The molecule has 0 aromatic rings. The van der Waals surface area contributed by atoms with Crippen molar-refractivity contribution in [2.45, 2.75) is 73.2 Å². The van der Waals surface area contributed by atoms with Gasteiger partial charge in [0.2, 0.25) is 5.91 Å². The number of carbonyl (C=O) groups is 1. The topological polar surface area (TPSA) is 52.6 Å². The van der Waals surface area contributed by atoms with E-state index in [-0.39, 0.29) is 23.9 Å². The highest BCUT2D eigenvalue weighted by Crippen LogP contribution is 2.22. The van der Waals surface area contributed by atoms with Gasteiger partial charge in [0.25, 0.3) is 0 Å². The van der Waals surface area contributed by atoms with Crippen LogP contribution < -0.4 is 5.32 Å². The van der Waals surface area contributed by atoms with Gasteiger partial charge in [-0.25, -0.2) is 0 Å². The van der Waals surface area contributed by atoms with E-state index in [4.69, 9.17) is 0 Å². The van der Waals surface area contributed by atoms with Gasteiger partial charge in [0.1, 0.15) is 6.23 Å². The van der Waals surface area contributed by atoms with Crippen molar-refractivity contribution >= 4 is 5.91 Å². The monoisotopic (exact) mass is 272 g/mol. The summed E-state index contributed by atoms with van der Waals surface area (Å²) in [5, 5.41) is 13.5. The van der Waals surface area contributed by atoms with E-state index in [0.717, 1.165) is 0 Å². The summed E-state index contributed by atoms with van der Waals surface area (Å²) in [6.45, 7) is 14.9. The third-order valence-corrected chi connectivity index (χ3v) is 3.27. The summed E-state index contributed by atoms with van der Waals surface area (Å²) >= 11 is 0. The summed E-state index contributed by atoms with van der Waals surface area (Å²) in [6, 6.07) is 0.415. The molecule has 0 bridgehead atoms. The minimum atomic E-state index is -0.728. The molecule has 2 atom stereocenters. The summed E-state index contributed by atoms with van der Waals surface area (Å²) in [7, 11) is 0. The fraction of sp³-hybridized carbons (Fsp3) is 0.933. The zero-order valence-corrected chi connectivity index (χ0v) is 13.6. The van der Waals surface area contributed by atoms with Crippen LogP contribution in [0.2, 0.25) is 0 Å². The molecule has 2 unspecified atom stereocenters. The Morgan fingerprint density at radius 1 is 1.11 bits per heavy atom. The van der Waals surface area contributed by atoms with Crippen LogP contribution >= 0.6 is 0 Å². The Kier molecular flexibility index (Phi) is 8.26. The molecule has 1 amide bonds. The summed E-state index contributed by atoms with van der Waals surface area (Å²) in [5.41, 5.74) is 0. The van der Waals surface area contributed by atoms with Crippen LogP contribution in [0, 0.1) is 11.8 Å². The first kappa shape index (κ1) is 18.4. The first-order valence-electron chi connectivity index (χ1n) is 7.45. The van der Waals surface area contributed by atoms with E-state index in [1.807, 2.05) is 39.5 Å². The third-order valence-electron chi connectivity index (χ3n) is 3.27. The van der Waals surface area contributed by atoms with Crippen molar-refractivity contribution in [3.8, 4) is 0 Å². The Balaban J connectivity index is 5.05. The van der Waals surface area contributed by atoms with Gasteiger partial charge in [-0.05, 0) is 47.0 Å². The fourth-order valence-corrected chi connectivity index (χ4v) is 2.59. The molecule has 0 aromatic heterocycles. The van der Waals surface area contributed by atoms with E-state index < -0.39 is 6.23 Å². The maximum absolute atomic E-state index is 12.2. The zero-order valence-electron chi connectivity index (χ0n) is 13.6. The van der Waals surface area contributed by atoms with Gasteiger partial charge < -0.3 is 10.4 Å². The zero-order chi connectivity index (χ0) is 15.2. The number of aliphatic hydroxyl groups is 1. The molecule has 0 rings (SSSR count). The number of rotatable bonds is 8. The van der Waals surface area contributed by atoms with Gasteiger partial charge in [-0.2, -0.15) is 0 Å². The molecule has 0 aliphatic rings. The van der Waals surface area contributed by atoms with Gasteiger partial charge in [0.15, 0.2) is 0 Å². The molecule has 114 valence electrons. The minimum Gasteiger partial charge on any atom is -0.378 e. The molecule has 0 aromatic carbocycles. The summed E-state index contributed by atoms with van der Waals surface area (Å²) in [4.78, 5) is 14.2. The summed E-state index contributed by atoms with van der Waals surface area (Å²) in [6.07, 6.45) is -0.0305.